The first-order chi connectivity index (χ1) is 44.5. The van der Waals surface area contributed by atoms with E-state index in [1.165, 1.54) is 6.08 Å². The SMILES string of the molecule is C=CC(=O)OCCCCCCOc1ccc(OC(=O)c2ccc(/C=C/c3ccc4c(c3)nc(Oc3ccc(OCCCCCCOC(=O)C=C)cc3)c3cc(/C=C/c5ccc(C(=O)Oc6ccc(OCCCCCCOC(=O)C=C)cc6)cc5)ccc34)cc2)cc1. The van der Waals surface area contributed by atoms with Gasteiger partial charge in [0.1, 0.15) is 34.5 Å². The third kappa shape index (κ3) is 22.2. The maximum absolute atomic E-state index is 13.1. The molecular weight excluding hydrogens is 1150 g/mol. The molecule has 0 spiro atoms. The molecule has 468 valence electrons. The quantitative estimate of drug-likeness (QED) is 0.00682. The zero-order chi connectivity index (χ0) is 63.8. The zero-order valence-corrected chi connectivity index (χ0v) is 51.1. The van der Waals surface area contributed by atoms with Gasteiger partial charge in [0, 0.05) is 29.0 Å². The second kappa shape index (κ2) is 36.1. The summed E-state index contributed by atoms with van der Waals surface area (Å²) >= 11 is 0. The molecule has 0 fully saturated rings. The Kier molecular flexibility index (Phi) is 26.3. The summed E-state index contributed by atoms with van der Waals surface area (Å²) in [5.74, 6) is 1.68. The van der Waals surface area contributed by atoms with Crippen LogP contribution < -0.4 is 28.4 Å². The van der Waals surface area contributed by atoms with E-state index < -0.39 is 29.8 Å². The smallest absolute Gasteiger partial charge is 0.343 e. The summed E-state index contributed by atoms with van der Waals surface area (Å²) in [6.07, 6.45) is 21.9. The highest BCUT2D eigenvalue weighted by atomic mass is 16.6. The Morgan fingerprint density at radius 3 is 1.05 bits per heavy atom. The average molecular weight is 1230 g/mol. The number of ether oxygens (including phenoxy) is 9. The maximum atomic E-state index is 13.1. The lowest BCUT2D eigenvalue weighted by atomic mass is 10.0. The van der Waals surface area contributed by atoms with Crippen LogP contribution in [0.15, 0.2) is 196 Å². The monoisotopic (exact) mass is 1230 g/mol. The van der Waals surface area contributed by atoms with Gasteiger partial charge in [0.15, 0.2) is 0 Å². The van der Waals surface area contributed by atoms with Gasteiger partial charge < -0.3 is 42.6 Å². The second-order valence-corrected chi connectivity index (χ2v) is 21.1. The fourth-order valence-electron chi connectivity index (χ4n) is 9.34. The van der Waals surface area contributed by atoms with Crippen LogP contribution in [0.25, 0.3) is 46.0 Å². The Morgan fingerprint density at radius 2 is 0.659 bits per heavy atom. The topological polar surface area (TPSA) is 181 Å². The molecule has 0 aliphatic heterocycles. The van der Waals surface area contributed by atoms with E-state index >= 15 is 0 Å². The molecule has 0 radical (unpaired) electrons. The van der Waals surface area contributed by atoms with E-state index in [0.29, 0.717) is 91.1 Å². The van der Waals surface area contributed by atoms with Gasteiger partial charge in [0.05, 0.1) is 56.3 Å². The Bertz CT molecular complexity index is 3780. The highest BCUT2D eigenvalue weighted by molar-refractivity contribution is 6.09. The zero-order valence-electron chi connectivity index (χ0n) is 51.1. The van der Waals surface area contributed by atoms with Crippen molar-refractivity contribution in [1.29, 1.82) is 0 Å². The lowest BCUT2D eigenvalue weighted by molar-refractivity contribution is -0.138. The molecule has 1 heterocycles. The molecule has 0 saturated carbocycles. The van der Waals surface area contributed by atoms with Crippen molar-refractivity contribution in [3.8, 4) is 40.4 Å². The number of pyridine rings is 1. The molecule has 15 heteroatoms. The first-order valence-electron chi connectivity index (χ1n) is 30.6. The van der Waals surface area contributed by atoms with E-state index in [-0.39, 0.29) is 0 Å². The summed E-state index contributed by atoms with van der Waals surface area (Å²) in [4.78, 5) is 65.0. The van der Waals surface area contributed by atoms with E-state index in [0.717, 1.165) is 133 Å². The Hall–Kier alpha value is -10.5. The number of fused-ring (bicyclic) bond motifs is 3. The molecule has 0 bridgehead atoms. The summed E-state index contributed by atoms with van der Waals surface area (Å²) in [6.45, 7) is 13.0. The van der Waals surface area contributed by atoms with Gasteiger partial charge in [0.25, 0.3) is 0 Å². The number of esters is 5. The van der Waals surface area contributed by atoms with E-state index in [9.17, 15) is 24.0 Å². The third-order valence-electron chi connectivity index (χ3n) is 14.3. The number of unbranched alkanes of at least 4 members (excludes halogenated alkanes) is 9. The van der Waals surface area contributed by atoms with Crippen LogP contribution in [-0.2, 0) is 28.6 Å². The van der Waals surface area contributed by atoms with Gasteiger partial charge in [-0.05, 0) is 214 Å². The first kappa shape index (κ1) is 66.4. The molecule has 8 aromatic rings. The number of carbonyl (C=O) groups excluding carboxylic acids is 5. The molecule has 1 aromatic heterocycles. The van der Waals surface area contributed by atoms with Gasteiger partial charge >= 0.3 is 29.8 Å². The molecule has 15 nitrogen and oxygen atoms in total. The van der Waals surface area contributed by atoms with Crippen molar-refractivity contribution >= 4 is 75.8 Å². The highest BCUT2D eigenvalue weighted by Gasteiger charge is 2.15. The summed E-state index contributed by atoms with van der Waals surface area (Å²) in [5, 5.41) is 2.69. The van der Waals surface area contributed by atoms with Crippen LogP contribution in [-0.4, -0.2) is 74.5 Å². The number of hydrogen-bond donors (Lipinski definition) is 0. The number of nitrogens with zero attached hydrogens (tertiary/aromatic N) is 1. The standard InChI is InChI=1S/C76H75NO14/c1-4-71(78)86-50-16-10-7-13-47-83-61-33-39-64(40-34-61)89-74-69-53-57(21-19-55-23-29-59(30-24-55)75(81)90-65-41-35-62(36-42-65)84-48-14-8-11-17-51-87-72(79)5-2)27-45-67(69)68-46-28-58(54-70(68)77-74)22-20-56-25-31-60(32-26-56)76(82)91-66-43-37-63(38-44-66)85-49-15-9-12-18-52-88-73(80)6-3/h4-6,19-46,53-54H,1-3,7-18,47-52H2/b21-19+,22-20+. The van der Waals surface area contributed by atoms with Crippen molar-refractivity contribution in [2.45, 2.75) is 77.0 Å². The van der Waals surface area contributed by atoms with Crippen LogP contribution in [0.5, 0.6) is 40.4 Å². The Morgan fingerprint density at radius 1 is 0.330 bits per heavy atom. The van der Waals surface area contributed by atoms with E-state index in [1.54, 1.807) is 72.8 Å². The molecule has 0 saturated heterocycles. The minimum absolute atomic E-state index is 0.375. The summed E-state index contributed by atoms with van der Waals surface area (Å²) < 4.78 is 50.7. The number of rotatable bonds is 37. The summed E-state index contributed by atoms with van der Waals surface area (Å²) in [5.41, 5.74) is 5.11. The molecule has 8 rings (SSSR count). The fraction of sp³-hybridized carbons (Fsp3) is 0.237. The van der Waals surface area contributed by atoms with Crippen LogP contribution in [0.1, 0.15) is 120 Å². The second-order valence-electron chi connectivity index (χ2n) is 21.1. The molecule has 91 heavy (non-hydrogen) atoms. The van der Waals surface area contributed by atoms with E-state index in [4.69, 9.17) is 47.6 Å². The van der Waals surface area contributed by atoms with Gasteiger partial charge in [0.2, 0.25) is 5.88 Å². The molecular formula is C76H75NO14. The average Bonchev–Trinajstić information content (AvgIpc) is 0.836. The predicted molar refractivity (Wildman–Crippen MR) is 355 cm³/mol. The molecule has 0 aliphatic carbocycles. The van der Waals surface area contributed by atoms with Crippen molar-refractivity contribution in [3.05, 3.63) is 229 Å². The lowest BCUT2D eigenvalue weighted by Gasteiger charge is -2.13. The van der Waals surface area contributed by atoms with E-state index in [1.807, 2.05) is 97.1 Å². The molecule has 0 atom stereocenters. The Labute approximate surface area is 531 Å². The van der Waals surface area contributed by atoms with Crippen LogP contribution in [0, 0.1) is 0 Å². The minimum Gasteiger partial charge on any atom is -0.494 e. The van der Waals surface area contributed by atoms with Gasteiger partial charge in [-0.2, -0.15) is 0 Å². The van der Waals surface area contributed by atoms with Crippen molar-refractivity contribution in [1.82, 2.24) is 4.98 Å². The van der Waals surface area contributed by atoms with Crippen molar-refractivity contribution in [3.63, 3.8) is 0 Å². The summed E-state index contributed by atoms with van der Waals surface area (Å²) in [6, 6.07) is 48.0. The minimum atomic E-state index is -0.481. The van der Waals surface area contributed by atoms with Crippen molar-refractivity contribution in [2.24, 2.45) is 0 Å². The largest absolute Gasteiger partial charge is 0.494 e. The van der Waals surface area contributed by atoms with Crippen LogP contribution in [0.2, 0.25) is 0 Å². The normalized spacial score (nSPS) is 11.0. The molecule has 0 aliphatic rings. The molecule has 7 aromatic carbocycles. The van der Waals surface area contributed by atoms with Gasteiger partial charge in [-0.15, -0.1) is 0 Å². The van der Waals surface area contributed by atoms with Crippen molar-refractivity contribution < 1.29 is 66.6 Å². The number of carbonyl (C=O) groups is 5. The van der Waals surface area contributed by atoms with Crippen LogP contribution in [0.3, 0.4) is 0 Å². The molecule has 0 amide bonds. The first-order valence-corrected chi connectivity index (χ1v) is 30.6. The third-order valence-corrected chi connectivity index (χ3v) is 14.3. The van der Waals surface area contributed by atoms with Crippen LogP contribution in [0.4, 0.5) is 0 Å². The van der Waals surface area contributed by atoms with Crippen molar-refractivity contribution in [2.75, 3.05) is 39.6 Å². The summed E-state index contributed by atoms with van der Waals surface area (Å²) in [7, 11) is 0. The number of hydrogen-bond acceptors (Lipinski definition) is 15. The highest BCUT2D eigenvalue weighted by Crippen LogP contribution is 2.36. The van der Waals surface area contributed by atoms with E-state index in [2.05, 4.69) is 31.9 Å². The Balaban J connectivity index is 0.885. The maximum Gasteiger partial charge on any atom is 0.343 e. The predicted octanol–water partition coefficient (Wildman–Crippen LogP) is 17.0. The number of benzene rings is 7. The van der Waals surface area contributed by atoms with Crippen LogP contribution >= 0.6 is 0 Å². The van der Waals surface area contributed by atoms with Gasteiger partial charge in [-0.25, -0.2) is 29.0 Å². The lowest BCUT2D eigenvalue weighted by Crippen LogP contribution is -2.08. The fourth-order valence-corrected chi connectivity index (χ4v) is 9.34. The van der Waals surface area contributed by atoms with Gasteiger partial charge in [-0.1, -0.05) is 92.6 Å². The van der Waals surface area contributed by atoms with Gasteiger partial charge in [-0.3, -0.25) is 0 Å². The number of aromatic nitrogens is 1. The molecule has 0 unspecified atom stereocenters. The molecule has 0 N–H and O–H groups in total.